The molecule has 0 saturated heterocycles. The summed E-state index contributed by atoms with van der Waals surface area (Å²) in [5, 5.41) is 30.1. The van der Waals surface area contributed by atoms with Gasteiger partial charge in [-0.15, -0.1) is 0 Å². The Labute approximate surface area is 453 Å². The van der Waals surface area contributed by atoms with Crippen LogP contribution < -0.4 is 41.0 Å². The maximum Gasteiger partial charge on any atom is 0.251 e. The largest absolute Gasteiger partial charge is 0.490 e. The number of fused-ring (bicyclic) bond motifs is 4. The number of para-hydroxylation sites is 1. The van der Waals surface area contributed by atoms with E-state index < -0.39 is 81.9 Å². The fourth-order valence-electron chi connectivity index (χ4n) is 12.5. The zero-order valence-electron chi connectivity index (χ0n) is 45.5. The zero-order chi connectivity index (χ0) is 55.9. The number of carbonyl (C=O) groups is 4. The number of hydrogen-bond donors (Lipinski definition) is 6. The number of halogens is 1. The second-order valence-electron chi connectivity index (χ2n) is 23.1. The minimum absolute atomic E-state index is 0.0151. The molecule has 0 bridgehead atoms. The standard InChI is InChI=1S/C59H71FN8O10/c1-9-58(10-2)30-47(70)67(54(62)66-58)40-26-35(76-43-20-17-33(23-37(40)43)52(73)64-49-36-15-13-14-16-42(36)75-31-56(49,7)74)27-57(8)50(71)48(39-25-34(60)19-22-45(39)77-57)63-51(72)32-18-21-44-38(24-32)41(28-59(11-3,12-4)78-44)68-46(69)29-55(5,6)65-53(68)61/h13-25,35,40-41,48-50,71,74H,9-12,26-31H2,1-8H3,(H2,61,65)(H2,62,66)(H,63,72)(H,64,73)/t35?,40-,41-,48-,49+,50+,56?,57?/m1/s1. The van der Waals surface area contributed by atoms with Crippen molar-refractivity contribution in [2.24, 2.45) is 21.5 Å². The van der Waals surface area contributed by atoms with Gasteiger partial charge < -0.3 is 51.3 Å². The van der Waals surface area contributed by atoms with Crippen molar-refractivity contribution < 1.29 is 52.7 Å². The number of rotatable bonds is 12. The van der Waals surface area contributed by atoms with Crippen LogP contribution in [0.2, 0.25) is 0 Å². The SMILES string of the molecule is CCC1(CC)CC(=O)N([C@@H]2CC(CC3(C)Oc4ccc(F)cc4[C@@H](NC(=O)c4ccc5c(c4)[C@H](N4C(=O)CC(C)(C)N=C4N)CC(CC)(CC)O5)[C@@H]3O)Oc3ccc(C(=O)N[C@H]4c5ccccc5OCC4(C)O)cc32)C(N)=N1. The molecule has 78 heavy (non-hydrogen) atoms. The molecule has 8 N–H and O–H groups in total. The highest BCUT2D eigenvalue weighted by atomic mass is 19.1. The van der Waals surface area contributed by atoms with E-state index in [0.29, 0.717) is 66.0 Å². The molecule has 0 aromatic heterocycles. The highest BCUT2D eigenvalue weighted by molar-refractivity contribution is 6.01. The van der Waals surface area contributed by atoms with E-state index in [1.165, 1.54) is 28.0 Å². The van der Waals surface area contributed by atoms with Crippen molar-refractivity contribution in [1.29, 1.82) is 0 Å². The van der Waals surface area contributed by atoms with E-state index >= 15 is 4.39 Å². The first-order valence-corrected chi connectivity index (χ1v) is 27.2. The summed E-state index contributed by atoms with van der Waals surface area (Å²) in [7, 11) is 0. The quantitative estimate of drug-likeness (QED) is 0.0806. The van der Waals surface area contributed by atoms with Crippen LogP contribution in [0.25, 0.3) is 0 Å². The summed E-state index contributed by atoms with van der Waals surface area (Å²) >= 11 is 0. The van der Waals surface area contributed by atoms with Crippen LogP contribution in [0.4, 0.5) is 4.39 Å². The molecule has 0 fully saturated rings. The molecule has 4 aromatic carbocycles. The number of ether oxygens (including phenoxy) is 4. The van der Waals surface area contributed by atoms with Crippen LogP contribution in [-0.4, -0.2) is 102 Å². The maximum absolute atomic E-state index is 15.2. The lowest BCUT2D eigenvalue weighted by Crippen LogP contribution is -2.58. The monoisotopic (exact) mass is 1070 g/mol. The number of carbonyl (C=O) groups excluding carboxylic acids is 4. The van der Waals surface area contributed by atoms with Gasteiger partial charge >= 0.3 is 0 Å². The summed E-state index contributed by atoms with van der Waals surface area (Å²) in [6, 6.07) is 17.5. The highest BCUT2D eigenvalue weighted by Crippen LogP contribution is 2.50. The van der Waals surface area contributed by atoms with Crippen LogP contribution in [0.3, 0.4) is 0 Å². The average Bonchev–Trinajstić information content (AvgIpc) is 3.49. The Morgan fingerprint density at radius 1 is 0.718 bits per heavy atom. The number of aliphatic imine (C=N–C) groups is 2. The van der Waals surface area contributed by atoms with Gasteiger partial charge in [-0.25, -0.2) is 14.4 Å². The molecule has 18 nitrogen and oxygen atoms in total. The summed E-state index contributed by atoms with van der Waals surface area (Å²) in [6.07, 6.45) is 0.892. The lowest BCUT2D eigenvalue weighted by molar-refractivity contribution is -0.133. The van der Waals surface area contributed by atoms with Crippen LogP contribution in [0.1, 0.15) is 180 Å². The van der Waals surface area contributed by atoms with E-state index in [-0.39, 0.29) is 78.5 Å². The molecule has 8 atom stereocenters. The summed E-state index contributed by atoms with van der Waals surface area (Å²) in [5.74, 6) is -0.448. The van der Waals surface area contributed by atoms with Crippen LogP contribution in [0, 0.1) is 5.82 Å². The Morgan fingerprint density at radius 2 is 1.32 bits per heavy atom. The van der Waals surface area contributed by atoms with Gasteiger partial charge in [-0.1, -0.05) is 45.9 Å². The first kappa shape index (κ1) is 54.1. The molecule has 3 unspecified atom stereocenters. The summed E-state index contributed by atoms with van der Waals surface area (Å²) in [5.41, 5.74) is 10.7. The number of nitrogens with two attached hydrogens (primary N) is 2. The number of nitrogens with zero attached hydrogens (tertiary/aromatic N) is 4. The van der Waals surface area contributed by atoms with Crippen molar-refractivity contribution in [2.75, 3.05) is 6.61 Å². The third kappa shape index (κ3) is 9.66. The second kappa shape index (κ2) is 19.9. The Kier molecular flexibility index (Phi) is 13.8. The van der Waals surface area contributed by atoms with E-state index in [0.717, 1.165) is 0 Å². The molecule has 0 spiro atoms. The van der Waals surface area contributed by atoms with Gasteiger partial charge in [-0.3, -0.25) is 29.0 Å². The lowest BCUT2D eigenvalue weighted by atomic mass is 9.79. The van der Waals surface area contributed by atoms with Crippen molar-refractivity contribution in [3.63, 3.8) is 0 Å². The van der Waals surface area contributed by atoms with Gasteiger partial charge in [-0.05, 0) is 114 Å². The third-order valence-corrected chi connectivity index (χ3v) is 17.2. The van der Waals surface area contributed by atoms with Gasteiger partial charge in [0.25, 0.3) is 11.8 Å². The molecule has 6 aliphatic heterocycles. The average molecular weight is 1070 g/mol. The number of guanidine groups is 2. The number of aliphatic hydroxyl groups excluding tert-OH is 1. The van der Waals surface area contributed by atoms with Crippen LogP contribution in [0.15, 0.2) is 88.8 Å². The van der Waals surface area contributed by atoms with Crippen LogP contribution in [0.5, 0.6) is 23.0 Å². The van der Waals surface area contributed by atoms with Crippen LogP contribution >= 0.6 is 0 Å². The maximum atomic E-state index is 15.2. The first-order valence-electron chi connectivity index (χ1n) is 27.2. The Morgan fingerprint density at radius 3 is 1.99 bits per heavy atom. The summed E-state index contributed by atoms with van der Waals surface area (Å²) < 4.78 is 41.1. The van der Waals surface area contributed by atoms with E-state index in [1.807, 2.05) is 47.6 Å². The van der Waals surface area contributed by atoms with E-state index in [2.05, 4.69) is 15.6 Å². The van der Waals surface area contributed by atoms with Gasteiger partial charge in [-0.2, -0.15) is 0 Å². The second-order valence-corrected chi connectivity index (χ2v) is 23.1. The Balaban J connectivity index is 0.963. The molecule has 0 saturated carbocycles. The molecule has 414 valence electrons. The topological polar surface area (TPSA) is 253 Å². The van der Waals surface area contributed by atoms with Crippen molar-refractivity contribution in [1.82, 2.24) is 20.4 Å². The number of amides is 4. The minimum Gasteiger partial charge on any atom is -0.490 e. The predicted molar refractivity (Wildman–Crippen MR) is 289 cm³/mol. The van der Waals surface area contributed by atoms with Crippen molar-refractivity contribution >= 4 is 35.5 Å². The molecule has 0 aliphatic carbocycles. The zero-order valence-corrected chi connectivity index (χ0v) is 45.5. The molecule has 19 heteroatoms. The Hall–Kier alpha value is -7.25. The first-order chi connectivity index (χ1) is 36.9. The van der Waals surface area contributed by atoms with E-state index in [4.69, 9.17) is 35.4 Å². The van der Waals surface area contributed by atoms with E-state index in [1.54, 1.807) is 68.4 Å². The Bertz CT molecular complexity index is 3140. The molecule has 4 amide bonds. The van der Waals surface area contributed by atoms with E-state index in [9.17, 15) is 29.4 Å². The molecule has 0 radical (unpaired) electrons. The smallest absolute Gasteiger partial charge is 0.251 e. The molecular formula is C59H71FN8O10. The predicted octanol–water partition coefficient (Wildman–Crippen LogP) is 7.52. The summed E-state index contributed by atoms with van der Waals surface area (Å²) in [4.78, 5) is 69.9. The minimum atomic E-state index is -1.52. The van der Waals surface area contributed by atoms with Gasteiger partial charge in [0, 0.05) is 52.6 Å². The fraction of sp³-hybridized carbons (Fsp3) is 0.492. The lowest BCUT2D eigenvalue weighted by Gasteiger charge is -2.47. The molecule has 6 aliphatic rings. The molecule has 10 rings (SSSR count). The molecule has 6 heterocycles. The number of benzene rings is 4. The highest BCUT2D eigenvalue weighted by Gasteiger charge is 2.52. The summed E-state index contributed by atoms with van der Waals surface area (Å²) in [6.45, 7) is 14.9. The van der Waals surface area contributed by atoms with Gasteiger partial charge in [0.05, 0.1) is 48.1 Å². The number of aliphatic hydroxyl groups is 2. The molecule has 4 aromatic rings. The normalized spacial score (nSPS) is 28.3. The number of nitrogens with one attached hydrogen (secondary N) is 2. The third-order valence-electron chi connectivity index (χ3n) is 17.2. The van der Waals surface area contributed by atoms with Crippen LogP contribution in [-0.2, 0) is 9.59 Å². The van der Waals surface area contributed by atoms with Crippen molar-refractivity contribution in [3.8, 4) is 23.0 Å². The van der Waals surface area contributed by atoms with Gasteiger partial charge in [0.2, 0.25) is 11.8 Å². The van der Waals surface area contributed by atoms with Gasteiger partial charge in [0.15, 0.2) is 11.9 Å². The van der Waals surface area contributed by atoms with Crippen molar-refractivity contribution in [2.45, 2.75) is 177 Å². The number of hydrogen-bond acceptors (Lipinski definition) is 14. The molecular weight excluding hydrogens is 1000 g/mol. The van der Waals surface area contributed by atoms with Crippen molar-refractivity contribution in [3.05, 3.63) is 118 Å². The fourth-order valence-corrected chi connectivity index (χ4v) is 12.5. The van der Waals surface area contributed by atoms with Gasteiger partial charge in [0.1, 0.15) is 64.4 Å².